The van der Waals surface area contributed by atoms with Crippen LogP contribution in [0.2, 0.25) is 0 Å². The first-order valence-corrected chi connectivity index (χ1v) is 16.6. The minimum absolute atomic E-state index is 0.106. The number of anilines is 1. The molecule has 1 aliphatic rings. The molecule has 10 heteroatoms. The van der Waals surface area contributed by atoms with Crippen LogP contribution in [0.15, 0.2) is 66.7 Å². The van der Waals surface area contributed by atoms with Crippen molar-refractivity contribution >= 4 is 23.7 Å². The summed E-state index contributed by atoms with van der Waals surface area (Å²) < 4.78 is 39.7. The molecule has 0 spiro atoms. The summed E-state index contributed by atoms with van der Waals surface area (Å²) in [7, 11) is 8.04. The lowest BCUT2D eigenvalue weighted by molar-refractivity contribution is 0.0935. The van der Waals surface area contributed by atoms with Crippen molar-refractivity contribution in [2.24, 2.45) is 0 Å². The molecule has 1 heterocycles. The summed E-state index contributed by atoms with van der Waals surface area (Å²) >= 11 is 0. The average Bonchev–Trinajstić information content (AvgIpc) is 3.14. The fraction of sp³-hybridized carbons (Fsp3) is 0.325. The van der Waals surface area contributed by atoms with Crippen LogP contribution in [0.3, 0.4) is 0 Å². The normalized spacial score (nSPS) is 13.6. The molecular formula is C40H46N2O8. The van der Waals surface area contributed by atoms with E-state index in [4.69, 9.17) is 33.2 Å². The van der Waals surface area contributed by atoms with E-state index in [2.05, 4.69) is 10.6 Å². The van der Waals surface area contributed by atoms with E-state index >= 15 is 0 Å². The van der Waals surface area contributed by atoms with Gasteiger partial charge in [0.1, 0.15) is 6.17 Å². The molecule has 1 aliphatic heterocycles. The molecule has 1 unspecified atom stereocenters. The van der Waals surface area contributed by atoms with Gasteiger partial charge in [0.2, 0.25) is 5.75 Å². The Kier molecular flexibility index (Phi) is 12.3. The first-order valence-electron chi connectivity index (χ1n) is 16.6. The monoisotopic (exact) mass is 682 g/mol. The highest BCUT2D eigenvalue weighted by Crippen LogP contribution is 2.39. The SMILES string of the molecule is COc1cc(C2NC(=O)c3cc(C)ccc3N2)ccc1OCCCCCCOc1cc(C=Cc2cc(OC)c(OC)c(OC)c2)ccc1OC. The molecule has 0 fully saturated rings. The van der Waals surface area contributed by atoms with Gasteiger partial charge >= 0.3 is 0 Å². The third kappa shape index (κ3) is 8.74. The second-order valence-electron chi connectivity index (χ2n) is 11.8. The number of ether oxygens (including phenoxy) is 7. The lowest BCUT2D eigenvalue weighted by Crippen LogP contribution is -2.38. The molecule has 0 radical (unpaired) electrons. The van der Waals surface area contributed by atoms with Gasteiger partial charge in [0.25, 0.3) is 5.91 Å². The maximum Gasteiger partial charge on any atom is 0.255 e. The van der Waals surface area contributed by atoms with Gasteiger partial charge in [-0.05, 0) is 97.8 Å². The Bertz CT molecular complexity index is 1780. The number of rotatable bonds is 17. The molecule has 0 aliphatic carbocycles. The summed E-state index contributed by atoms with van der Waals surface area (Å²) in [6.45, 7) is 3.11. The van der Waals surface area contributed by atoms with Crippen LogP contribution in [0.4, 0.5) is 5.69 Å². The van der Waals surface area contributed by atoms with Gasteiger partial charge in [-0.25, -0.2) is 0 Å². The summed E-state index contributed by atoms with van der Waals surface area (Å²) in [5.74, 6) is 4.31. The lowest BCUT2D eigenvalue weighted by atomic mass is 10.0. The molecule has 10 nitrogen and oxygen atoms in total. The Balaban J connectivity index is 1.07. The molecule has 0 saturated heterocycles. The minimum atomic E-state index is -0.365. The Morgan fingerprint density at radius 1 is 0.580 bits per heavy atom. The molecule has 264 valence electrons. The highest BCUT2D eigenvalue weighted by molar-refractivity contribution is 6.01. The topological polar surface area (TPSA) is 106 Å². The number of methoxy groups -OCH3 is 5. The number of hydrogen-bond acceptors (Lipinski definition) is 9. The van der Waals surface area contributed by atoms with Crippen molar-refractivity contribution in [1.82, 2.24) is 5.32 Å². The standard InChI is InChI=1S/C40H46N2O8/c1-26-11-16-31-30(21-26)40(43)42-39(41-31)29-15-18-33(34(25-29)45-3)49-19-9-7-8-10-20-50-35-22-27(14-17-32(35)44-2)12-13-28-23-36(46-4)38(48-6)37(24-28)47-5/h11-18,21-25,39,41H,7-10,19-20H2,1-6H3,(H,42,43). The second-order valence-corrected chi connectivity index (χ2v) is 11.8. The zero-order valence-corrected chi connectivity index (χ0v) is 29.6. The summed E-state index contributed by atoms with van der Waals surface area (Å²) in [6, 6.07) is 21.2. The van der Waals surface area contributed by atoms with Gasteiger partial charge < -0.3 is 43.8 Å². The van der Waals surface area contributed by atoms with Gasteiger partial charge in [0.15, 0.2) is 34.5 Å². The number of amides is 1. The molecule has 5 rings (SSSR count). The van der Waals surface area contributed by atoms with Crippen LogP contribution in [0.5, 0.6) is 40.2 Å². The summed E-state index contributed by atoms with van der Waals surface area (Å²) in [5.41, 5.74) is 5.25. The van der Waals surface area contributed by atoms with E-state index in [0.717, 1.165) is 53.6 Å². The van der Waals surface area contributed by atoms with Gasteiger partial charge in [-0.2, -0.15) is 0 Å². The van der Waals surface area contributed by atoms with Crippen LogP contribution in [0, 0.1) is 6.92 Å². The fourth-order valence-electron chi connectivity index (χ4n) is 5.74. The molecular weight excluding hydrogens is 636 g/mol. The Hall–Kier alpha value is -5.51. The van der Waals surface area contributed by atoms with Crippen molar-refractivity contribution in [1.29, 1.82) is 0 Å². The number of benzene rings is 4. The third-order valence-electron chi connectivity index (χ3n) is 8.41. The van der Waals surface area contributed by atoms with Gasteiger partial charge in [-0.1, -0.05) is 35.9 Å². The second kappa shape index (κ2) is 17.2. The zero-order valence-electron chi connectivity index (χ0n) is 29.6. The third-order valence-corrected chi connectivity index (χ3v) is 8.41. The summed E-state index contributed by atoms with van der Waals surface area (Å²) in [4.78, 5) is 12.7. The zero-order chi connectivity index (χ0) is 35.5. The van der Waals surface area contributed by atoms with Crippen LogP contribution in [0.1, 0.15) is 64.5 Å². The van der Waals surface area contributed by atoms with E-state index in [1.165, 1.54) is 0 Å². The average molecular weight is 683 g/mol. The molecule has 1 amide bonds. The first kappa shape index (κ1) is 35.8. The summed E-state index contributed by atoms with van der Waals surface area (Å²) in [6.07, 6.45) is 7.40. The number of aryl methyl sites for hydroxylation is 1. The Labute approximate surface area is 294 Å². The predicted octanol–water partition coefficient (Wildman–Crippen LogP) is 8.08. The van der Waals surface area contributed by atoms with Crippen molar-refractivity contribution in [3.63, 3.8) is 0 Å². The van der Waals surface area contributed by atoms with Crippen molar-refractivity contribution in [2.45, 2.75) is 38.8 Å². The molecule has 2 N–H and O–H groups in total. The van der Waals surface area contributed by atoms with E-state index in [9.17, 15) is 4.79 Å². The number of unbranched alkanes of at least 4 members (excludes halogenated alkanes) is 3. The minimum Gasteiger partial charge on any atom is -0.493 e. The molecule has 1 atom stereocenters. The number of carbonyl (C=O) groups is 1. The maximum absolute atomic E-state index is 12.7. The van der Waals surface area contributed by atoms with Crippen molar-refractivity contribution in [3.8, 4) is 40.2 Å². The molecule has 4 aromatic rings. The van der Waals surface area contributed by atoms with Gasteiger partial charge in [0, 0.05) is 5.69 Å². The molecule has 50 heavy (non-hydrogen) atoms. The Morgan fingerprint density at radius 3 is 1.86 bits per heavy atom. The van der Waals surface area contributed by atoms with Crippen molar-refractivity contribution in [2.75, 3.05) is 54.1 Å². The van der Waals surface area contributed by atoms with Crippen LogP contribution in [0.25, 0.3) is 12.2 Å². The number of hydrogen-bond donors (Lipinski definition) is 2. The summed E-state index contributed by atoms with van der Waals surface area (Å²) in [5, 5.41) is 6.43. The smallest absolute Gasteiger partial charge is 0.255 e. The van der Waals surface area contributed by atoms with E-state index in [1.807, 2.05) is 85.8 Å². The van der Waals surface area contributed by atoms with Crippen LogP contribution in [-0.2, 0) is 0 Å². The van der Waals surface area contributed by atoms with Crippen LogP contribution in [-0.4, -0.2) is 54.7 Å². The van der Waals surface area contributed by atoms with E-state index in [-0.39, 0.29) is 12.1 Å². The van der Waals surface area contributed by atoms with Crippen molar-refractivity contribution < 1.29 is 38.0 Å². The predicted molar refractivity (Wildman–Crippen MR) is 195 cm³/mol. The van der Waals surface area contributed by atoms with Crippen LogP contribution < -0.4 is 43.8 Å². The number of fused-ring (bicyclic) bond motifs is 1. The molecule has 4 aromatic carbocycles. The van der Waals surface area contributed by atoms with Gasteiger partial charge in [-0.3, -0.25) is 4.79 Å². The van der Waals surface area contributed by atoms with E-state index in [1.54, 1.807) is 35.5 Å². The maximum atomic E-state index is 12.7. The lowest BCUT2D eigenvalue weighted by Gasteiger charge is -2.28. The fourth-order valence-corrected chi connectivity index (χ4v) is 5.74. The quantitative estimate of drug-likeness (QED) is 0.0845. The van der Waals surface area contributed by atoms with E-state index in [0.29, 0.717) is 59.0 Å². The highest BCUT2D eigenvalue weighted by atomic mass is 16.5. The molecule has 0 bridgehead atoms. The van der Waals surface area contributed by atoms with Crippen LogP contribution >= 0.6 is 0 Å². The molecule has 0 saturated carbocycles. The van der Waals surface area contributed by atoms with Gasteiger partial charge in [-0.15, -0.1) is 0 Å². The number of nitrogens with one attached hydrogen (secondary N) is 2. The molecule has 0 aromatic heterocycles. The highest BCUT2D eigenvalue weighted by Gasteiger charge is 2.25. The Morgan fingerprint density at radius 2 is 1.20 bits per heavy atom. The number of carbonyl (C=O) groups excluding carboxylic acids is 1. The van der Waals surface area contributed by atoms with E-state index < -0.39 is 0 Å². The largest absolute Gasteiger partial charge is 0.493 e. The van der Waals surface area contributed by atoms with Crippen molar-refractivity contribution in [3.05, 3.63) is 94.5 Å². The van der Waals surface area contributed by atoms with Gasteiger partial charge in [0.05, 0.1) is 54.3 Å². The first-order chi connectivity index (χ1) is 24.4.